The van der Waals surface area contributed by atoms with Crippen molar-refractivity contribution in [2.75, 3.05) is 13.1 Å². The maximum absolute atomic E-state index is 4.78. The van der Waals surface area contributed by atoms with Crippen LogP contribution in [0.15, 0.2) is 0 Å². The van der Waals surface area contributed by atoms with Crippen LogP contribution in [0, 0.1) is 6.92 Å². The van der Waals surface area contributed by atoms with Gasteiger partial charge >= 0.3 is 0 Å². The van der Waals surface area contributed by atoms with Crippen LogP contribution in [-0.2, 0) is 13.0 Å². The highest BCUT2D eigenvalue weighted by atomic mass is 32.1. The second-order valence-corrected chi connectivity index (χ2v) is 7.61. The van der Waals surface area contributed by atoms with Crippen LogP contribution in [0.3, 0.4) is 0 Å². The zero-order chi connectivity index (χ0) is 15.2. The summed E-state index contributed by atoms with van der Waals surface area (Å²) in [5.74, 6) is 0. The highest BCUT2D eigenvalue weighted by Crippen LogP contribution is 2.21. The zero-order valence-corrected chi connectivity index (χ0v) is 14.9. The fourth-order valence-corrected chi connectivity index (χ4v) is 3.91. The van der Waals surface area contributed by atoms with Gasteiger partial charge in [0.05, 0.1) is 10.7 Å². The third-order valence-corrected chi connectivity index (χ3v) is 5.93. The summed E-state index contributed by atoms with van der Waals surface area (Å²) in [5, 5.41) is 4.89. The third-order valence-electron chi connectivity index (χ3n) is 4.71. The van der Waals surface area contributed by atoms with Gasteiger partial charge < -0.3 is 10.2 Å². The lowest BCUT2D eigenvalue weighted by Crippen LogP contribution is -2.38. The van der Waals surface area contributed by atoms with Crippen LogP contribution in [0.5, 0.6) is 0 Å². The molecule has 1 aromatic heterocycles. The minimum absolute atomic E-state index is 0.587. The van der Waals surface area contributed by atoms with E-state index in [1.807, 2.05) is 11.3 Å². The summed E-state index contributed by atoms with van der Waals surface area (Å²) in [6.07, 6.45) is 6.42. The Morgan fingerprint density at radius 2 is 2.24 bits per heavy atom. The van der Waals surface area contributed by atoms with Crippen molar-refractivity contribution in [2.45, 2.75) is 78.4 Å². The minimum atomic E-state index is 0.587. The Morgan fingerprint density at radius 1 is 1.43 bits per heavy atom. The highest BCUT2D eigenvalue weighted by molar-refractivity contribution is 7.11. The Morgan fingerprint density at radius 3 is 2.95 bits per heavy atom. The number of nitrogens with one attached hydrogen (secondary N) is 1. The monoisotopic (exact) mass is 309 g/mol. The van der Waals surface area contributed by atoms with Crippen LogP contribution in [0.4, 0.5) is 0 Å². The molecule has 4 heteroatoms. The summed E-state index contributed by atoms with van der Waals surface area (Å²) in [5.41, 5.74) is 1.22. The summed E-state index contributed by atoms with van der Waals surface area (Å²) in [6, 6.07) is 1.34. The Labute approximate surface area is 134 Å². The fraction of sp³-hybridized carbons (Fsp3) is 0.824. The summed E-state index contributed by atoms with van der Waals surface area (Å²) < 4.78 is 0. The van der Waals surface area contributed by atoms with Crippen molar-refractivity contribution in [1.29, 1.82) is 0 Å². The van der Waals surface area contributed by atoms with E-state index in [0.29, 0.717) is 6.04 Å². The van der Waals surface area contributed by atoms with Crippen LogP contribution in [0.25, 0.3) is 0 Å². The van der Waals surface area contributed by atoms with Crippen molar-refractivity contribution in [3.8, 4) is 0 Å². The molecule has 2 atom stereocenters. The lowest BCUT2D eigenvalue weighted by molar-refractivity contribution is 0.163. The van der Waals surface area contributed by atoms with Crippen molar-refractivity contribution < 1.29 is 0 Å². The molecule has 1 aromatic rings. The van der Waals surface area contributed by atoms with Gasteiger partial charge in [0.1, 0.15) is 0 Å². The Balaban J connectivity index is 1.83. The molecule has 1 N–H and O–H groups in total. The Bertz CT molecular complexity index is 430. The molecule has 0 aromatic carbocycles. The number of aryl methyl sites for hydroxylation is 1. The molecule has 120 valence electrons. The first kappa shape index (κ1) is 16.9. The van der Waals surface area contributed by atoms with Gasteiger partial charge in [-0.05, 0) is 46.6 Å². The molecule has 1 aliphatic heterocycles. The standard InChI is InChI=1S/C17H31N3S/c1-5-13(2)18-12-16-15(4)19-17(21-16)9-11-20-10-7-6-8-14(20)3/h13-14,18H,5-12H2,1-4H3. The van der Waals surface area contributed by atoms with Gasteiger partial charge in [-0.3, -0.25) is 0 Å². The molecule has 0 aliphatic carbocycles. The minimum Gasteiger partial charge on any atom is -0.309 e. The van der Waals surface area contributed by atoms with Gasteiger partial charge in [0, 0.05) is 36.5 Å². The Kier molecular flexibility index (Phi) is 6.65. The molecular formula is C17H31N3S. The third kappa shape index (κ3) is 5.04. The number of thiazole rings is 1. The van der Waals surface area contributed by atoms with E-state index in [-0.39, 0.29) is 0 Å². The molecular weight excluding hydrogens is 278 g/mol. The molecule has 0 saturated carbocycles. The van der Waals surface area contributed by atoms with E-state index >= 15 is 0 Å². The van der Waals surface area contributed by atoms with Crippen LogP contribution in [-0.4, -0.2) is 35.1 Å². The van der Waals surface area contributed by atoms with Gasteiger partial charge in [-0.25, -0.2) is 4.98 Å². The molecule has 2 unspecified atom stereocenters. The molecule has 1 saturated heterocycles. The summed E-state index contributed by atoms with van der Waals surface area (Å²) >= 11 is 1.90. The molecule has 0 amide bonds. The molecule has 0 spiro atoms. The predicted molar refractivity (Wildman–Crippen MR) is 92.0 cm³/mol. The van der Waals surface area contributed by atoms with Crippen molar-refractivity contribution >= 4 is 11.3 Å². The molecule has 3 nitrogen and oxygen atoms in total. The number of rotatable bonds is 7. The predicted octanol–water partition coefficient (Wildman–Crippen LogP) is 3.76. The van der Waals surface area contributed by atoms with Crippen molar-refractivity contribution in [2.24, 2.45) is 0 Å². The molecule has 1 fully saturated rings. The van der Waals surface area contributed by atoms with Crippen LogP contribution in [0.2, 0.25) is 0 Å². The number of piperidine rings is 1. The molecule has 21 heavy (non-hydrogen) atoms. The zero-order valence-electron chi connectivity index (χ0n) is 14.1. The second-order valence-electron chi connectivity index (χ2n) is 6.44. The number of aromatic nitrogens is 1. The van der Waals surface area contributed by atoms with Crippen LogP contribution in [0.1, 0.15) is 62.0 Å². The topological polar surface area (TPSA) is 28.2 Å². The van der Waals surface area contributed by atoms with Crippen molar-refractivity contribution in [3.05, 3.63) is 15.6 Å². The molecule has 0 radical (unpaired) electrons. The van der Waals surface area contributed by atoms with E-state index in [1.54, 1.807) is 0 Å². The van der Waals surface area contributed by atoms with Gasteiger partial charge in [0.2, 0.25) is 0 Å². The first-order chi connectivity index (χ1) is 10.1. The summed E-state index contributed by atoms with van der Waals surface area (Å²) in [4.78, 5) is 8.83. The van der Waals surface area contributed by atoms with E-state index < -0.39 is 0 Å². The van der Waals surface area contributed by atoms with E-state index in [4.69, 9.17) is 4.98 Å². The lowest BCUT2D eigenvalue weighted by Gasteiger charge is -2.33. The number of likely N-dealkylation sites (tertiary alicyclic amines) is 1. The fourth-order valence-electron chi connectivity index (χ4n) is 2.90. The van der Waals surface area contributed by atoms with Crippen molar-refractivity contribution in [1.82, 2.24) is 15.2 Å². The first-order valence-corrected chi connectivity index (χ1v) is 9.34. The van der Waals surface area contributed by atoms with Crippen LogP contribution < -0.4 is 5.32 Å². The van der Waals surface area contributed by atoms with E-state index in [1.165, 1.54) is 54.4 Å². The van der Waals surface area contributed by atoms with E-state index in [0.717, 1.165) is 19.0 Å². The maximum atomic E-state index is 4.78. The first-order valence-electron chi connectivity index (χ1n) is 8.52. The van der Waals surface area contributed by atoms with Gasteiger partial charge in [0.25, 0.3) is 0 Å². The maximum Gasteiger partial charge on any atom is 0.0944 e. The van der Waals surface area contributed by atoms with E-state index in [2.05, 4.69) is 37.9 Å². The Hall–Kier alpha value is -0.450. The molecule has 0 bridgehead atoms. The normalized spacial score (nSPS) is 21.6. The van der Waals surface area contributed by atoms with Crippen molar-refractivity contribution in [3.63, 3.8) is 0 Å². The molecule has 2 rings (SSSR count). The summed E-state index contributed by atoms with van der Waals surface area (Å²) in [6.45, 7) is 12.4. The second kappa shape index (κ2) is 8.25. The van der Waals surface area contributed by atoms with Gasteiger partial charge in [-0.2, -0.15) is 0 Å². The smallest absolute Gasteiger partial charge is 0.0944 e. The number of hydrogen-bond acceptors (Lipinski definition) is 4. The largest absolute Gasteiger partial charge is 0.309 e. The van der Waals surface area contributed by atoms with E-state index in [9.17, 15) is 0 Å². The van der Waals surface area contributed by atoms with Gasteiger partial charge in [-0.1, -0.05) is 13.3 Å². The van der Waals surface area contributed by atoms with Gasteiger partial charge in [0.15, 0.2) is 0 Å². The lowest BCUT2D eigenvalue weighted by atomic mass is 10.0. The SMILES string of the molecule is CCC(C)NCc1sc(CCN2CCCCC2C)nc1C. The van der Waals surface area contributed by atoms with Gasteiger partial charge in [-0.15, -0.1) is 11.3 Å². The molecule has 1 aliphatic rings. The van der Waals surface area contributed by atoms with Crippen LogP contribution >= 0.6 is 11.3 Å². The highest BCUT2D eigenvalue weighted by Gasteiger charge is 2.18. The average Bonchev–Trinajstić information content (AvgIpc) is 2.84. The quantitative estimate of drug-likeness (QED) is 0.831. The number of hydrogen-bond donors (Lipinski definition) is 1. The number of nitrogens with zero attached hydrogens (tertiary/aromatic N) is 2. The molecule has 2 heterocycles. The average molecular weight is 310 g/mol. The summed E-state index contributed by atoms with van der Waals surface area (Å²) in [7, 11) is 0.